The van der Waals surface area contributed by atoms with E-state index in [1.54, 1.807) is 6.08 Å². The van der Waals surface area contributed by atoms with Crippen molar-refractivity contribution in [1.29, 1.82) is 0 Å². The van der Waals surface area contributed by atoms with Crippen molar-refractivity contribution in [2.24, 2.45) is 0 Å². The molecular weight excluding hydrogens is 136 g/mol. The SMILES string of the molecule is CCC=COC(=O)CS. The van der Waals surface area contributed by atoms with E-state index in [9.17, 15) is 4.79 Å². The minimum Gasteiger partial charge on any atom is -0.434 e. The Morgan fingerprint density at radius 3 is 2.89 bits per heavy atom. The highest BCUT2D eigenvalue weighted by Gasteiger charge is 1.91. The van der Waals surface area contributed by atoms with Gasteiger partial charge in [0, 0.05) is 0 Å². The predicted octanol–water partition coefficient (Wildman–Crippen LogP) is 1.38. The molecule has 0 fully saturated rings. The fourth-order valence-electron chi connectivity index (χ4n) is 0.257. The van der Waals surface area contributed by atoms with Gasteiger partial charge in [0.1, 0.15) is 0 Å². The van der Waals surface area contributed by atoms with Gasteiger partial charge in [-0.15, -0.1) is 0 Å². The lowest BCUT2D eigenvalue weighted by Gasteiger charge is -1.90. The van der Waals surface area contributed by atoms with Crippen molar-refractivity contribution < 1.29 is 9.53 Å². The van der Waals surface area contributed by atoms with Gasteiger partial charge in [-0.05, 0) is 12.5 Å². The Morgan fingerprint density at radius 1 is 1.78 bits per heavy atom. The highest BCUT2D eigenvalue weighted by atomic mass is 32.1. The van der Waals surface area contributed by atoms with E-state index in [1.165, 1.54) is 6.26 Å². The van der Waals surface area contributed by atoms with Crippen LogP contribution in [0.3, 0.4) is 0 Å². The summed E-state index contributed by atoms with van der Waals surface area (Å²) in [5.41, 5.74) is 0. The van der Waals surface area contributed by atoms with E-state index in [0.29, 0.717) is 0 Å². The lowest BCUT2D eigenvalue weighted by molar-refractivity contribution is -0.134. The van der Waals surface area contributed by atoms with E-state index < -0.39 is 0 Å². The van der Waals surface area contributed by atoms with Crippen LogP contribution in [0.2, 0.25) is 0 Å². The van der Waals surface area contributed by atoms with Gasteiger partial charge in [0.05, 0.1) is 12.0 Å². The van der Waals surface area contributed by atoms with Gasteiger partial charge in [0.25, 0.3) is 0 Å². The topological polar surface area (TPSA) is 26.3 Å². The number of rotatable bonds is 3. The maximum Gasteiger partial charge on any atom is 0.320 e. The second-order valence-corrected chi connectivity index (χ2v) is 1.74. The van der Waals surface area contributed by atoms with Gasteiger partial charge in [-0.1, -0.05) is 6.92 Å². The Balaban J connectivity index is 3.26. The summed E-state index contributed by atoms with van der Waals surface area (Å²) in [6.07, 6.45) is 4.03. The van der Waals surface area contributed by atoms with Crippen LogP contribution in [0.4, 0.5) is 0 Å². The lowest BCUT2D eigenvalue weighted by Crippen LogP contribution is -1.99. The van der Waals surface area contributed by atoms with Crippen LogP contribution in [-0.4, -0.2) is 11.7 Å². The third-order valence-corrected chi connectivity index (χ3v) is 0.919. The largest absolute Gasteiger partial charge is 0.434 e. The number of hydrogen-bond acceptors (Lipinski definition) is 3. The molecule has 0 heterocycles. The van der Waals surface area contributed by atoms with Crippen molar-refractivity contribution >= 4 is 18.6 Å². The molecule has 0 saturated carbocycles. The van der Waals surface area contributed by atoms with Crippen LogP contribution in [-0.2, 0) is 9.53 Å². The first kappa shape index (κ1) is 8.56. The standard InChI is InChI=1S/C6H10O2S/c1-2-3-4-8-6(7)5-9/h3-4,9H,2,5H2,1H3. The molecule has 0 rings (SSSR count). The first-order valence-electron chi connectivity index (χ1n) is 2.76. The van der Waals surface area contributed by atoms with Gasteiger partial charge in [0.15, 0.2) is 0 Å². The van der Waals surface area contributed by atoms with Gasteiger partial charge in [0.2, 0.25) is 0 Å². The lowest BCUT2D eigenvalue weighted by atomic mass is 10.5. The van der Waals surface area contributed by atoms with Crippen LogP contribution in [0.5, 0.6) is 0 Å². The van der Waals surface area contributed by atoms with Crippen LogP contribution in [0.15, 0.2) is 12.3 Å². The third-order valence-electron chi connectivity index (χ3n) is 0.661. The second-order valence-electron chi connectivity index (χ2n) is 1.43. The highest BCUT2D eigenvalue weighted by Crippen LogP contribution is 1.85. The minimum absolute atomic E-state index is 0.133. The van der Waals surface area contributed by atoms with Gasteiger partial charge < -0.3 is 4.74 Å². The molecule has 0 saturated heterocycles. The van der Waals surface area contributed by atoms with Crippen molar-refractivity contribution in [3.63, 3.8) is 0 Å². The molecule has 0 radical (unpaired) electrons. The van der Waals surface area contributed by atoms with Crippen molar-refractivity contribution in [1.82, 2.24) is 0 Å². The molecule has 0 aliphatic heterocycles. The van der Waals surface area contributed by atoms with Gasteiger partial charge in [-0.3, -0.25) is 4.79 Å². The molecule has 0 amide bonds. The molecule has 52 valence electrons. The maximum absolute atomic E-state index is 10.3. The fourth-order valence-corrected chi connectivity index (χ4v) is 0.332. The summed E-state index contributed by atoms with van der Waals surface area (Å²) in [6.45, 7) is 1.96. The molecule has 0 spiro atoms. The molecule has 0 aliphatic rings. The number of esters is 1. The number of carbonyl (C=O) groups is 1. The van der Waals surface area contributed by atoms with Crippen LogP contribution in [0, 0.1) is 0 Å². The fraction of sp³-hybridized carbons (Fsp3) is 0.500. The molecule has 0 aromatic carbocycles. The van der Waals surface area contributed by atoms with Gasteiger partial charge in [-0.25, -0.2) is 0 Å². The molecule has 2 nitrogen and oxygen atoms in total. The summed E-state index contributed by atoms with van der Waals surface area (Å²) in [5, 5.41) is 0. The smallest absolute Gasteiger partial charge is 0.320 e. The Bertz CT molecular complexity index is 110. The molecule has 0 aliphatic carbocycles. The molecule has 9 heavy (non-hydrogen) atoms. The van der Waals surface area contributed by atoms with Crippen molar-refractivity contribution in [3.05, 3.63) is 12.3 Å². The summed E-state index contributed by atoms with van der Waals surface area (Å²) in [7, 11) is 0. The van der Waals surface area contributed by atoms with Crippen molar-refractivity contribution in [2.75, 3.05) is 5.75 Å². The van der Waals surface area contributed by atoms with Crippen molar-refractivity contribution in [2.45, 2.75) is 13.3 Å². The van der Waals surface area contributed by atoms with E-state index in [1.807, 2.05) is 6.92 Å². The molecule has 0 atom stereocenters. The first-order chi connectivity index (χ1) is 4.31. The molecule has 3 heteroatoms. The van der Waals surface area contributed by atoms with E-state index in [-0.39, 0.29) is 11.7 Å². The molecular formula is C6H10O2S. The molecule has 0 N–H and O–H groups in total. The molecule has 0 unspecified atom stereocenters. The van der Waals surface area contributed by atoms with E-state index >= 15 is 0 Å². The second kappa shape index (κ2) is 5.69. The Morgan fingerprint density at radius 2 is 2.44 bits per heavy atom. The molecule has 0 aromatic heterocycles. The number of thiol groups is 1. The monoisotopic (exact) mass is 146 g/mol. The highest BCUT2D eigenvalue weighted by molar-refractivity contribution is 7.81. The zero-order valence-electron chi connectivity index (χ0n) is 5.33. The number of ether oxygens (including phenoxy) is 1. The Hall–Kier alpha value is -0.440. The van der Waals surface area contributed by atoms with Gasteiger partial charge in [-0.2, -0.15) is 12.6 Å². The molecule has 0 aromatic rings. The quantitative estimate of drug-likeness (QED) is 0.370. The molecule has 0 bridgehead atoms. The number of carbonyl (C=O) groups excluding carboxylic acids is 1. The number of hydrogen-bond donors (Lipinski definition) is 1. The number of allylic oxidation sites excluding steroid dienone is 1. The van der Waals surface area contributed by atoms with E-state index in [2.05, 4.69) is 17.4 Å². The summed E-state index contributed by atoms with van der Waals surface area (Å²) < 4.78 is 4.54. The third kappa shape index (κ3) is 5.43. The van der Waals surface area contributed by atoms with Crippen LogP contribution >= 0.6 is 12.6 Å². The van der Waals surface area contributed by atoms with Crippen LogP contribution in [0.1, 0.15) is 13.3 Å². The zero-order valence-corrected chi connectivity index (χ0v) is 6.23. The van der Waals surface area contributed by atoms with Crippen molar-refractivity contribution in [3.8, 4) is 0 Å². The normalized spacial score (nSPS) is 10.0. The van der Waals surface area contributed by atoms with E-state index in [4.69, 9.17) is 0 Å². The predicted molar refractivity (Wildman–Crippen MR) is 39.4 cm³/mol. The van der Waals surface area contributed by atoms with Gasteiger partial charge >= 0.3 is 5.97 Å². The maximum atomic E-state index is 10.3. The Kier molecular flexibility index (Phi) is 5.41. The summed E-state index contributed by atoms with van der Waals surface area (Å²) in [5.74, 6) is -0.184. The summed E-state index contributed by atoms with van der Waals surface area (Å²) in [4.78, 5) is 10.3. The Labute approximate surface area is 60.3 Å². The first-order valence-corrected chi connectivity index (χ1v) is 3.39. The zero-order chi connectivity index (χ0) is 7.11. The van der Waals surface area contributed by atoms with Crippen LogP contribution < -0.4 is 0 Å². The van der Waals surface area contributed by atoms with Crippen LogP contribution in [0.25, 0.3) is 0 Å². The average molecular weight is 146 g/mol. The summed E-state index contributed by atoms with van der Waals surface area (Å²) in [6, 6.07) is 0. The average Bonchev–Trinajstić information content (AvgIpc) is 1.89. The summed E-state index contributed by atoms with van der Waals surface area (Å²) >= 11 is 3.71. The van der Waals surface area contributed by atoms with E-state index in [0.717, 1.165) is 6.42 Å². The minimum atomic E-state index is -0.317.